The summed E-state index contributed by atoms with van der Waals surface area (Å²) in [5, 5.41) is 0. The minimum absolute atomic E-state index is 0.0104. The molecule has 1 atom stereocenters. The summed E-state index contributed by atoms with van der Waals surface area (Å²) in [6, 6.07) is 15.8. The second-order valence-corrected chi connectivity index (χ2v) is 11.9. The zero-order valence-electron chi connectivity index (χ0n) is 18.9. The molecule has 2 aromatic carbocycles. The van der Waals surface area contributed by atoms with Crippen molar-refractivity contribution in [2.24, 2.45) is 0 Å². The van der Waals surface area contributed by atoms with Crippen LogP contribution in [0.3, 0.4) is 0 Å². The number of sulfonamides is 2. The van der Waals surface area contributed by atoms with Crippen LogP contribution in [0.2, 0.25) is 0 Å². The zero-order valence-corrected chi connectivity index (χ0v) is 20.5. The average Bonchev–Trinajstić information content (AvgIpc) is 3.38. The summed E-state index contributed by atoms with van der Waals surface area (Å²) in [4.78, 5) is 4.12. The minimum Gasteiger partial charge on any atom is -0.377 e. The Labute approximate surface area is 204 Å². The molecule has 0 bridgehead atoms. The average molecular weight is 520 g/mol. The van der Waals surface area contributed by atoms with Gasteiger partial charge in [0, 0.05) is 25.9 Å². The molecule has 1 N–H and O–H groups in total. The van der Waals surface area contributed by atoms with Gasteiger partial charge in [-0.1, -0.05) is 18.2 Å². The molecular formula is C24H26FN3O5S2. The molecule has 1 aliphatic heterocycles. The molecule has 0 saturated carbocycles. The molecule has 3 aromatic rings. The highest BCUT2D eigenvalue weighted by Gasteiger charge is 2.27. The van der Waals surface area contributed by atoms with Crippen LogP contribution < -0.4 is 4.72 Å². The second kappa shape index (κ2) is 10.9. The fraction of sp³-hybridized carbons (Fsp3) is 0.292. The summed E-state index contributed by atoms with van der Waals surface area (Å²) in [6.07, 6.45) is 3.10. The lowest BCUT2D eigenvalue weighted by Gasteiger charge is -2.22. The van der Waals surface area contributed by atoms with Gasteiger partial charge in [0.15, 0.2) is 0 Å². The molecule has 4 rings (SSSR count). The van der Waals surface area contributed by atoms with E-state index in [1.807, 2.05) is 0 Å². The molecule has 1 saturated heterocycles. The Morgan fingerprint density at radius 2 is 1.66 bits per heavy atom. The molecule has 8 nitrogen and oxygen atoms in total. The Kier molecular flexibility index (Phi) is 7.92. The van der Waals surface area contributed by atoms with Crippen LogP contribution in [-0.4, -0.2) is 45.4 Å². The van der Waals surface area contributed by atoms with Gasteiger partial charge in [-0.2, -0.15) is 4.31 Å². The number of nitrogens with zero attached hydrogens (tertiary/aromatic N) is 2. The maximum Gasteiger partial charge on any atom is 0.243 e. The topological polar surface area (TPSA) is 106 Å². The molecule has 0 unspecified atom stereocenters. The molecule has 0 radical (unpaired) electrons. The van der Waals surface area contributed by atoms with E-state index in [0.717, 1.165) is 12.8 Å². The van der Waals surface area contributed by atoms with Crippen molar-refractivity contribution in [3.8, 4) is 0 Å². The summed E-state index contributed by atoms with van der Waals surface area (Å²) in [6.45, 7) is 0.759. The molecule has 11 heteroatoms. The van der Waals surface area contributed by atoms with Crippen molar-refractivity contribution in [1.82, 2.24) is 14.0 Å². The van der Waals surface area contributed by atoms with E-state index in [-0.39, 0.29) is 35.5 Å². The highest BCUT2D eigenvalue weighted by atomic mass is 32.2. The van der Waals surface area contributed by atoms with Crippen LogP contribution in [0.4, 0.5) is 4.39 Å². The maximum atomic E-state index is 13.5. The molecule has 1 aromatic heterocycles. The zero-order chi connectivity index (χ0) is 24.9. The predicted octanol–water partition coefficient (Wildman–Crippen LogP) is 3.07. The van der Waals surface area contributed by atoms with Crippen molar-refractivity contribution in [2.45, 2.75) is 41.8 Å². The predicted molar refractivity (Wildman–Crippen MR) is 128 cm³/mol. The molecule has 0 spiro atoms. The number of benzene rings is 2. The van der Waals surface area contributed by atoms with E-state index in [4.69, 9.17) is 4.74 Å². The van der Waals surface area contributed by atoms with Crippen molar-refractivity contribution in [1.29, 1.82) is 0 Å². The van der Waals surface area contributed by atoms with Gasteiger partial charge in [-0.05, 0) is 66.9 Å². The van der Waals surface area contributed by atoms with Crippen molar-refractivity contribution in [3.63, 3.8) is 0 Å². The molecule has 0 aliphatic carbocycles. The van der Waals surface area contributed by atoms with Crippen LogP contribution in [0.15, 0.2) is 82.7 Å². The Hall–Kier alpha value is -2.70. The Morgan fingerprint density at radius 1 is 0.943 bits per heavy atom. The third kappa shape index (κ3) is 6.50. The fourth-order valence-electron chi connectivity index (χ4n) is 3.72. The Balaban J connectivity index is 1.56. The Bertz CT molecular complexity index is 1330. The van der Waals surface area contributed by atoms with E-state index in [1.165, 1.54) is 52.8 Å². The van der Waals surface area contributed by atoms with E-state index >= 15 is 0 Å². The fourth-order valence-corrected chi connectivity index (χ4v) is 6.19. The minimum atomic E-state index is -4.03. The lowest BCUT2D eigenvalue weighted by Crippen LogP contribution is -2.32. The Morgan fingerprint density at radius 3 is 2.29 bits per heavy atom. The van der Waals surface area contributed by atoms with Gasteiger partial charge in [-0.3, -0.25) is 4.98 Å². The second-order valence-electron chi connectivity index (χ2n) is 8.18. The van der Waals surface area contributed by atoms with Crippen LogP contribution in [0.1, 0.15) is 24.1 Å². The largest absolute Gasteiger partial charge is 0.377 e. The number of halogens is 1. The van der Waals surface area contributed by atoms with Gasteiger partial charge >= 0.3 is 0 Å². The smallest absolute Gasteiger partial charge is 0.243 e. The maximum absolute atomic E-state index is 13.5. The number of hydrogen-bond acceptors (Lipinski definition) is 6. The SMILES string of the molecule is O=S(=O)(NC[C@H]1CCCO1)c1ccc(S(=O)(=O)N(Cc2ccc(F)cc2)Cc2ccccn2)cc1. The number of nitrogens with one attached hydrogen (secondary N) is 1. The number of hydrogen-bond donors (Lipinski definition) is 1. The van der Waals surface area contributed by atoms with Crippen LogP contribution in [0.25, 0.3) is 0 Å². The molecule has 0 amide bonds. The first-order valence-corrected chi connectivity index (χ1v) is 14.0. The van der Waals surface area contributed by atoms with Crippen LogP contribution in [-0.2, 0) is 37.9 Å². The standard InChI is InChI=1S/C24H26FN3O5S2/c25-20-8-6-19(7-9-20)17-28(18-21-4-1-2-14-26-21)35(31,32)24-12-10-23(11-13-24)34(29,30)27-16-22-5-3-15-33-22/h1-2,4,6-14,22,27H,3,5,15-18H2/t22-/m1/s1. The highest BCUT2D eigenvalue weighted by Crippen LogP contribution is 2.23. The summed E-state index contributed by atoms with van der Waals surface area (Å²) >= 11 is 0. The third-order valence-corrected chi connectivity index (χ3v) is 8.88. The molecule has 1 aliphatic rings. The van der Waals surface area contributed by atoms with Gasteiger partial charge in [-0.25, -0.2) is 25.9 Å². The summed E-state index contributed by atoms with van der Waals surface area (Å²) in [7, 11) is -7.85. The molecule has 186 valence electrons. The van der Waals surface area contributed by atoms with E-state index in [0.29, 0.717) is 17.9 Å². The normalized spacial score (nSPS) is 16.6. The first-order chi connectivity index (χ1) is 16.7. The monoisotopic (exact) mass is 519 g/mol. The van der Waals surface area contributed by atoms with Crippen molar-refractivity contribution in [2.75, 3.05) is 13.2 Å². The van der Waals surface area contributed by atoms with Gasteiger partial charge in [0.25, 0.3) is 0 Å². The van der Waals surface area contributed by atoms with Gasteiger partial charge in [0.2, 0.25) is 20.0 Å². The number of pyridine rings is 1. The lowest BCUT2D eigenvalue weighted by molar-refractivity contribution is 0.114. The quantitative estimate of drug-likeness (QED) is 0.441. The van der Waals surface area contributed by atoms with E-state index in [9.17, 15) is 21.2 Å². The van der Waals surface area contributed by atoms with Crippen LogP contribution in [0.5, 0.6) is 0 Å². The first-order valence-electron chi connectivity index (χ1n) is 11.1. The summed E-state index contributed by atoms with van der Waals surface area (Å²) in [5.74, 6) is -0.419. The van der Waals surface area contributed by atoms with Crippen LogP contribution >= 0.6 is 0 Å². The number of rotatable bonds is 10. The number of ether oxygens (including phenoxy) is 1. The summed E-state index contributed by atoms with van der Waals surface area (Å²) < 4.78 is 74.8. The molecule has 1 fully saturated rings. The van der Waals surface area contributed by atoms with Crippen LogP contribution in [0, 0.1) is 5.82 Å². The van der Waals surface area contributed by atoms with Gasteiger partial charge in [0.05, 0.1) is 28.1 Å². The van der Waals surface area contributed by atoms with E-state index in [2.05, 4.69) is 9.71 Å². The van der Waals surface area contributed by atoms with E-state index < -0.39 is 25.9 Å². The third-order valence-electron chi connectivity index (χ3n) is 5.63. The van der Waals surface area contributed by atoms with Crippen molar-refractivity contribution >= 4 is 20.0 Å². The molecular weight excluding hydrogens is 493 g/mol. The molecule has 35 heavy (non-hydrogen) atoms. The van der Waals surface area contributed by atoms with Crippen molar-refractivity contribution in [3.05, 3.63) is 90.0 Å². The lowest BCUT2D eigenvalue weighted by atomic mass is 10.2. The van der Waals surface area contributed by atoms with Gasteiger partial charge in [-0.15, -0.1) is 0 Å². The first kappa shape index (κ1) is 25.4. The summed E-state index contributed by atoms with van der Waals surface area (Å²) in [5.41, 5.74) is 1.14. The molecule has 2 heterocycles. The van der Waals surface area contributed by atoms with E-state index in [1.54, 1.807) is 24.4 Å². The number of aromatic nitrogens is 1. The van der Waals surface area contributed by atoms with Gasteiger partial charge < -0.3 is 4.74 Å². The van der Waals surface area contributed by atoms with Gasteiger partial charge in [0.1, 0.15) is 5.82 Å². The highest BCUT2D eigenvalue weighted by molar-refractivity contribution is 7.89. The van der Waals surface area contributed by atoms with Crippen molar-refractivity contribution < 1.29 is 26.0 Å².